The third-order valence-electron chi connectivity index (χ3n) is 1.77. The summed E-state index contributed by atoms with van der Waals surface area (Å²) in [5.74, 6) is -0.359. The first kappa shape index (κ1) is 11.3. The molecule has 0 aliphatic rings. The van der Waals surface area contributed by atoms with Crippen LogP contribution in [0.5, 0.6) is 0 Å². The molecule has 0 radical (unpaired) electrons. The molecule has 76 valence electrons. The molecule has 1 aromatic carbocycles. The molecule has 0 aliphatic carbocycles. The van der Waals surface area contributed by atoms with Gasteiger partial charge in [-0.1, -0.05) is 15.9 Å². The number of Topliss-reactive ketones (excluding diaryl/α,β-unsaturated/α-hetero) is 1. The van der Waals surface area contributed by atoms with E-state index in [0.29, 0.717) is 5.56 Å². The number of nitrogens with one attached hydrogen (secondary N) is 1. The molecule has 1 N–H and O–H groups in total. The molecule has 4 heteroatoms. The van der Waals surface area contributed by atoms with Crippen molar-refractivity contribution in [1.29, 1.82) is 0 Å². The number of carbonyl (C=O) groups excluding carboxylic acids is 1. The summed E-state index contributed by atoms with van der Waals surface area (Å²) < 4.78 is 14.0. The van der Waals surface area contributed by atoms with Crippen LogP contribution in [0.4, 0.5) is 4.39 Å². The number of halogens is 2. The Morgan fingerprint density at radius 1 is 1.57 bits per heavy atom. The van der Waals surface area contributed by atoms with Gasteiger partial charge in [0.1, 0.15) is 5.82 Å². The van der Waals surface area contributed by atoms with Crippen molar-refractivity contribution in [3.63, 3.8) is 0 Å². The maximum absolute atomic E-state index is 13.2. The van der Waals surface area contributed by atoms with E-state index < -0.39 is 0 Å². The molecule has 0 fully saturated rings. The standard InChI is InChI=1S/C10H11BrFNO/c1-13-6-9(14)5-7-4-8(11)2-3-10(7)12/h2-4,13H,5-6H2,1H3. The first-order valence-electron chi connectivity index (χ1n) is 4.23. The average Bonchev–Trinajstić information content (AvgIpc) is 2.12. The zero-order valence-corrected chi connectivity index (χ0v) is 9.40. The Bertz CT molecular complexity index is 341. The fourth-order valence-corrected chi connectivity index (χ4v) is 1.56. The Morgan fingerprint density at radius 2 is 2.29 bits per heavy atom. The second-order valence-electron chi connectivity index (χ2n) is 2.98. The van der Waals surface area contributed by atoms with E-state index in [-0.39, 0.29) is 24.6 Å². The summed E-state index contributed by atoms with van der Waals surface area (Å²) in [7, 11) is 1.69. The highest BCUT2D eigenvalue weighted by molar-refractivity contribution is 9.10. The van der Waals surface area contributed by atoms with Crippen molar-refractivity contribution < 1.29 is 9.18 Å². The largest absolute Gasteiger partial charge is 0.313 e. The molecule has 0 spiro atoms. The molecular weight excluding hydrogens is 249 g/mol. The van der Waals surface area contributed by atoms with E-state index in [1.165, 1.54) is 6.07 Å². The minimum Gasteiger partial charge on any atom is -0.313 e. The monoisotopic (exact) mass is 259 g/mol. The van der Waals surface area contributed by atoms with Crippen molar-refractivity contribution in [3.05, 3.63) is 34.1 Å². The number of ketones is 1. The van der Waals surface area contributed by atoms with Crippen LogP contribution in [0, 0.1) is 5.82 Å². The van der Waals surface area contributed by atoms with Crippen LogP contribution >= 0.6 is 15.9 Å². The molecular formula is C10H11BrFNO. The highest BCUT2D eigenvalue weighted by Crippen LogP contribution is 2.15. The quantitative estimate of drug-likeness (QED) is 0.896. The Kier molecular flexibility index (Phi) is 4.22. The van der Waals surface area contributed by atoms with E-state index in [1.54, 1.807) is 19.2 Å². The summed E-state index contributed by atoms with van der Waals surface area (Å²) >= 11 is 3.23. The Balaban J connectivity index is 2.75. The van der Waals surface area contributed by atoms with Crippen molar-refractivity contribution >= 4 is 21.7 Å². The van der Waals surface area contributed by atoms with Gasteiger partial charge in [-0.3, -0.25) is 4.79 Å². The van der Waals surface area contributed by atoms with Crippen molar-refractivity contribution in [3.8, 4) is 0 Å². The van der Waals surface area contributed by atoms with Gasteiger partial charge in [0.25, 0.3) is 0 Å². The third-order valence-corrected chi connectivity index (χ3v) is 2.26. The number of carbonyl (C=O) groups is 1. The molecule has 2 nitrogen and oxygen atoms in total. The van der Waals surface area contributed by atoms with E-state index in [9.17, 15) is 9.18 Å². The molecule has 0 atom stereocenters. The van der Waals surface area contributed by atoms with Gasteiger partial charge < -0.3 is 5.32 Å². The Morgan fingerprint density at radius 3 is 2.93 bits per heavy atom. The van der Waals surface area contributed by atoms with Gasteiger partial charge in [0.05, 0.1) is 6.54 Å². The second-order valence-corrected chi connectivity index (χ2v) is 3.90. The lowest BCUT2D eigenvalue weighted by molar-refractivity contribution is -0.117. The summed E-state index contributed by atoms with van der Waals surface area (Å²) in [6.45, 7) is 0.270. The molecule has 0 aliphatic heterocycles. The zero-order valence-electron chi connectivity index (χ0n) is 7.81. The van der Waals surface area contributed by atoms with Gasteiger partial charge in [0, 0.05) is 10.9 Å². The predicted octanol–water partition coefficient (Wildman–Crippen LogP) is 1.92. The van der Waals surface area contributed by atoms with E-state index in [2.05, 4.69) is 21.2 Å². The summed E-state index contributed by atoms with van der Waals surface area (Å²) in [6.07, 6.45) is 0.131. The smallest absolute Gasteiger partial charge is 0.151 e. The van der Waals surface area contributed by atoms with Crippen LogP contribution in [0.15, 0.2) is 22.7 Å². The Labute approximate surface area is 90.6 Å². The summed E-state index contributed by atoms with van der Waals surface area (Å²) in [4.78, 5) is 11.2. The van der Waals surface area contributed by atoms with Crippen molar-refractivity contribution in [2.75, 3.05) is 13.6 Å². The number of likely N-dealkylation sites (N-methyl/N-ethyl adjacent to an activating group) is 1. The highest BCUT2D eigenvalue weighted by atomic mass is 79.9. The fraction of sp³-hybridized carbons (Fsp3) is 0.300. The van der Waals surface area contributed by atoms with Crippen LogP contribution in [-0.4, -0.2) is 19.4 Å². The van der Waals surface area contributed by atoms with Crippen molar-refractivity contribution in [2.24, 2.45) is 0 Å². The van der Waals surface area contributed by atoms with Crippen LogP contribution in [0.25, 0.3) is 0 Å². The SMILES string of the molecule is CNCC(=O)Cc1cc(Br)ccc1F. The van der Waals surface area contributed by atoms with Crippen molar-refractivity contribution in [1.82, 2.24) is 5.32 Å². The Hall–Kier alpha value is -0.740. The highest BCUT2D eigenvalue weighted by Gasteiger charge is 2.07. The third kappa shape index (κ3) is 3.20. The summed E-state index contributed by atoms with van der Waals surface area (Å²) in [6, 6.07) is 4.59. The number of benzene rings is 1. The second kappa shape index (κ2) is 5.22. The number of rotatable bonds is 4. The number of hydrogen-bond donors (Lipinski definition) is 1. The normalized spacial score (nSPS) is 10.2. The first-order chi connectivity index (χ1) is 6.63. The molecule has 0 aromatic heterocycles. The van der Waals surface area contributed by atoms with Gasteiger partial charge in [0.15, 0.2) is 5.78 Å². The van der Waals surface area contributed by atoms with Crippen LogP contribution in [-0.2, 0) is 11.2 Å². The van der Waals surface area contributed by atoms with E-state index in [1.807, 2.05) is 0 Å². The molecule has 14 heavy (non-hydrogen) atoms. The minimum atomic E-state index is -0.336. The van der Waals surface area contributed by atoms with Gasteiger partial charge in [-0.25, -0.2) is 4.39 Å². The zero-order chi connectivity index (χ0) is 10.6. The predicted molar refractivity (Wildman–Crippen MR) is 56.7 cm³/mol. The molecule has 0 amide bonds. The lowest BCUT2D eigenvalue weighted by Gasteiger charge is -2.02. The van der Waals surface area contributed by atoms with E-state index in [0.717, 1.165) is 4.47 Å². The van der Waals surface area contributed by atoms with Crippen LogP contribution < -0.4 is 5.32 Å². The molecule has 0 heterocycles. The van der Waals surface area contributed by atoms with Gasteiger partial charge in [-0.05, 0) is 30.8 Å². The average molecular weight is 260 g/mol. The van der Waals surface area contributed by atoms with Crippen LogP contribution in [0.2, 0.25) is 0 Å². The van der Waals surface area contributed by atoms with E-state index in [4.69, 9.17) is 0 Å². The molecule has 1 aromatic rings. The van der Waals surface area contributed by atoms with Crippen LogP contribution in [0.1, 0.15) is 5.56 Å². The molecule has 0 saturated heterocycles. The van der Waals surface area contributed by atoms with Gasteiger partial charge in [-0.15, -0.1) is 0 Å². The lowest BCUT2D eigenvalue weighted by Crippen LogP contribution is -2.20. The van der Waals surface area contributed by atoms with Gasteiger partial charge in [-0.2, -0.15) is 0 Å². The summed E-state index contributed by atoms with van der Waals surface area (Å²) in [5, 5.41) is 2.74. The molecule has 0 bridgehead atoms. The molecule has 0 saturated carbocycles. The fourth-order valence-electron chi connectivity index (χ4n) is 1.15. The topological polar surface area (TPSA) is 29.1 Å². The minimum absolute atomic E-state index is 0.0236. The molecule has 0 unspecified atom stereocenters. The van der Waals surface area contributed by atoms with E-state index >= 15 is 0 Å². The van der Waals surface area contributed by atoms with Crippen molar-refractivity contribution in [2.45, 2.75) is 6.42 Å². The van der Waals surface area contributed by atoms with Crippen LogP contribution in [0.3, 0.4) is 0 Å². The first-order valence-corrected chi connectivity index (χ1v) is 5.03. The maximum atomic E-state index is 13.2. The summed E-state index contributed by atoms with van der Waals surface area (Å²) in [5.41, 5.74) is 0.430. The van der Waals surface area contributed by atoms with Gasteiger partial charge >= 0.3 is 0 Å². The number of hydrogen-bond acceptors (Lipinski definition) is 2. The molecule has 1 rings (SSSR count). The lowest BCUT2D eigenvalue weighted by atomic mass is 10.1. The van der Waals surface area contributed by atoms with Gasteiger partial charge in [0.2, 0.25) is 0 Å². The maximum Gasteiger partial charge on any atom is 0.151 e.